The molecule has 0 N–H and O–H groups in total. The van der Waals surface area contributed by atoms with E-state index in [-0.39, 0.29) is 5.41 Å². The van der Waals surface area contributed by atoms with E-state index in [1.165, 1.54) is 120 Å². The van der Waals surface area contributed by atoms with E-state index in [9.17, 15) is 0 Å². The predicted molar refractivity (Wildman–Crippen MR) is 289 cm³/mol. The van der Waals surface area contributed by atoms with Crippen LogP contribution in [0.2, 0.25) is 0 Å². The van der Waals surface area contributed by atoms with E-state index in [2.05, 4.69) is 237 Å². The molecule has 3 heterocycles. The smallest absolute Gasteiger partial charge is 0.0755 e. The van der Waals surface area contributed by atoms with Crippen LogP contribution in [0.1, 0.15) is 57.7 Å². The normalized spacial score (nSPS) is 15.8. The van der Waals surface area contributed by atoms with Gasteiger partial charge in [-0.2, -0.15) is 0 Å². The second kappa shape index (κ2) is 14.3. The van der Waals surface area contributed by atoms with Crippen molar-refractivity contribution in [2.75, 3.05) is 4.90 Å². The zero-order valence-corrected chi connectivity index (χ0v) is 39.0. The predicted octanol–water partition coefficient (Wildman–Crippen LogP) is 17.6. The van der Waals surface area contributed by atoms with E-state index in [4.69, 9.17) is 0 Å². The molecule has 0 radical (unpaired) electrons. The molecule has 1 atom stereocenters. The molecule has 322 valence electrons. The first-order valence-electron chi connectivity index (χ1n) is 23.7. The summed E-state index contributed by atoms with van der Waals surface area (Å²) in [6.45, 7) is 10.9. The number of nitrogens with zero attached hydrogens (tertiary/aromatic N) is 2. The van der Waals surface area contributed by atoms with Gasteiger partial charge in [-0.3, -0.25) is 0 Å². The van der Waals surface area contributed by atoms with Crippen molar-refractivity contribution >= 4 is 66.4 Å². The summed E-state index contributed by atoms with van der Waals surface area (Å²) < 4.78 is 3.83. The highest BCUT2D eigenvalue weighted by atomic mass is 32.1. The maximum Gasteiger partial charge on any atom is 0.0755 e. The number of anilines is 3. The topological polar surface area (TPSA) is 8.17 Å². The van der Waals surface area contributed by atoms with Crippen LogP contribution in [0.5, 0.6) is 0 Å². The van der Waals surface area contributed by atoms with Crippen LogP contribution in [0.4, 0.5) is 17.1 Å². The van der Waals surface area contributed by atoms with Crippen LogP contribution < -0.4 is 4.90 Å². The van der Waals surface area contributed by atoms with Gasteiger partial charge in [0.25, 0.3) is 0 Å². The van der Waals surface area contributed by atoms with Gasteiger partial charge in [0.1, 0.15) is 0 Å². The molecule has 3 aliphatic rings. The number of fused-ring (bicyclic) bond motifs is 16. The number of thiophene rings is 1. The van der Waals surface area contributed by atoms with Gasteiger partial charge in [-0.15, -0.1) is 11.3 Å². The summed E-state index contributed by atoms with van der Waals surface area (Å²) in [5.41, 5.74) is 23.4. The standard InChI is InChI=1S/C65H46N2S/c1-5-6-29-60-40(2)50-38-42(32-37-61(50)68-60)41-30-33-43(34-31-41)66(44-35-36-46-45-17-7-10-21-51(45)64(3,4)56(46)39-44)59-28-16-24-54-62(59)49-19-8-11-22-52(49)65(54)53-23-12-14-27-58(53)67-57-26-13-9-18-47(57)48-20-15-25-55(65)63(48)67/h5-39H,1H2,2-4H3/b29-6-. The largest absolute Gasteiger partial charge is 0.310 e. The Morgan fingerprint density at radius 1 is 0.529 bits per heavy atom. The lowest BCUT2D eigenvalue weighted by Crippen LogP contribution is -2.33. The minimum absolute atomic E-state index is 0.157. The maximum absolute atomic E-state index is 3.89. The van der Waals surface area contributed by atoms with E-state index in [0.717, 1.165) is 11.4 Å². The van der Waals surface area contributed by atoms with Crippen LogP contribution in [0, 0.1) is 6.92 Å². The second-order valence-electron chi connectivity index (χ2n) is 19.2. The SMILES string of the molecule is C=C/C=C\c1sc2ccc(-c3ccc(N(c4ccc5c(c4)C(C)(C)c4ccccc4-5)c4cccc5c4-c4ccccc4C54c5ccccc5-n5c6ccccc6c6cccc4c65)cc3)cc2c1C. The summed E-state index contributed by atoms with van der Waals surface area (Å²) in [7, 11) is 0. The number of hydrogen-bond acceptors (Lipinski definition) is 2. The zero-order chi connectivity index (χ0) is 45.5. The van der Waals surface area contributed by atoms with Crippen LogP contribution in [0.15, 0.2) is 213 Å². The Balaban J connectivity index is 1.01. The van der Waals surface area contributed by atoms with Gasteiger partial charge in [-0.25, -0.2) is 0 Å². The van der Waals surface area contributed by atoms with Gasteiger partial charge in [0.2, 0.25) is 0 Å². The molecule has 14 rings (SSSR count). The van der Waals surface area contributed by atoms with Crippen molar-refractivity contribution < 1.29 is 0 Å². The summed E-state index contributed by atoms with van der Waals surface area (Å²) >= 11 is 1.84. The monoisotopic (exact) mass is 886 g/mol. The maximum atomic E-state index is 3.89. The fourth-order valence-corrected chi connectivity index (χ4v) is 13.7. The fourth-order valence-electron chi connectivity index (χ4n) is 12.6. The van der Waals surface area contributed by atoms with Crippen molar-refractivity contribution in [2.45, 2.75) is 31.6 Å². The average Bonchev–Trinajstić information content (AvgIpc) is 4.07. The van der Waals surface area contributed by atoms with Crippen molar-refractivity contribution in [1.82, 2.24) is 4.57 Å². The number of benzene rings is 9. The molecule has 11 aromatic rings. The molecule has 68 heavy (non-hydrogen) atoms. The van der Waals surface area contributed by atoms with Gasteiger partial charge in [-0.1, -0.05) is 172 Å². The Bertz CT molecular complexity index is 3990. The molecule has 0 bridgehead atoms. The number of aromatic nitrogens is 1. The zero-order valence-electron chi connectivity index (χ0n) is 38.2. The molecular formula is C65H46N2S. The first-order chi connectivity index (χ1) is 33.4. The molecule has 0 fully saturated rings. The third kappa shape index (κ3) is 5.12. The highest BCUT2D eigenvalue weighted by Gasteiger charge is 2.51. The lowest BCUT2D eigenvalue weighted by molar-refractivity contribution is 0.660. The molecule has 2 nitrogen and oxygen atoms in total. The fraction of sp³-hybridized carbons (Fsp3) is 0.0769. The van der Waals surface area contributed by atoms with E-state index in [1.54, 1.807) is 0 Å². The molecule has 1 spiro atoms. The molecule has 2 aromatic heterocycles. The second-order valence-corrected chi connectivity index (χ2v) is 20.3. The number of rotatable bonds is 6. The number of allylic oxidation sites excluding steroid dienone is 2. The quantitative estimate of drug-likeness (QED) is 0.151. The summed E-state index contributed by atoms with van der Waals surface area (Å²) in [6, 6.07) is 73.7. The van der Waals surface area contributed by atoms with E-state index < -0.39 is 5.41 Å². The van der Waals surface area contributed by atoms with Crippen LogP contribution in [0.3, 0.4) is 0 Å². The highest BCUT2D eigenvalue weighted by molar-refractivity contribution is 7.20. The highest BCUT2D eigenvalue weighted by Crippen LogP contribution is 2.63. The van der Waals surface area contributed by atoms with E-state index in [1.807, 2.05) is 23.5 Å². The van der Waals surface area contributed by atoms with Crippen molar-refractivity contribution in [3.05, 3.63) is 257 Å². The molecular weight excluding hydrogens is 841 g/mol. The number of para-hydroxylation sites is 3. The van der Waals surface area contributed by atoms with Crippen LogP contribution in [-0.4, -0.2) is 4.57 Å². The van der Waals surface area contributed by atoms with Crippen molar-refractivity contribution in [3.63, 3.8) is 0 Å². The van der Waals surface area contributed by atoms with Crippen LogP contribution in [0.25, 0.3) is 77.0 Å². The Hall–Kier alpha value is -7.98. The first-order valence-corrected chi connectivity index (χ1v) is 24.5. The third-order valence-electron chi connectivity index (χ3n) is 15.6. The van der Waals surface area contributed by atoms with Gasteiger partial charge in [-0.05, 0) is 140 Å². The minimum Gasteiger partial charge on any atom is -0.310 e. The number of aryl methyl sites for hydroxylation is 1. The van der Waals surface area contributed by atoms with Crippen LogP contribution >= 0.6 is 11.3 Å². The van der Waals surface area contributed by atoms with Gasteiger partial charge < -0.3 is 9.47 Å². The lowest BCUT2D eigenvalue weighted by Gasteiger charge is -2.39. The van der Waals surface area contributed by atoms with Crippen molar-refractivity contribution in [1.29, 1.82) is 0 Å². The lowest BCUT2D eigenvalue weighted by atomic mass is 9.65. The van der Waals surface area contributed by atoms with Crippen molar-refractivity contribution in [3.8, 4) is 39.1 Å². The molecule has 2 aliphatic carbocycles. The van der Waals surface area contributed by atoms with Gasteiger partial charge in [0.15, 0.2) is 0 Å². The minimum atomic E-state index is -0.556. The summed E-state index contributed by atoms with van der Waals surface area (Å²) in [5, 5.41) is 3.87. The molecule has 0 saturated carbocycles. The Morgan fingerprint density at radius 3 is 2.04 bits per heavy atom. The Morgan fingerprint density at radius 2 is 1.19 bits per heavy atom. The van der Waals surface area contributed by atoms with Crippen LogP contribution in [-0.2, 0) is 10.8 Å². The molecule has 3 heteroatoms. The van der Waals surface area contributed by atoms with E-state index in [0.29, 0.717) is 0 Å². The summed E-state index contributed by atoms with van der Waals surface area (Å²) in [6.07, 6.45) is 6.04. The summed E-state index contributed by atoms with van der Waals surface area (Å²) in [5.74, 6) is 0. The Kier molecular flexibility index (Phi) is 8.23. The molecule has 1 aliphatic heterocycles. The van der Waals surface area contributed by atoms with Gasteiger partial charge in [0.05, 0.1) is 27.8 Å². The van der Waals surface area contributed by atoms with E-state index >= 15 is 0 Å². The summed E-state index contributed by atoms with van der Waals surface area (Å²) in [4.78, 5) is 3.81. The van der Waals surface area contributed by atoms with Crippen molar-refractivity contribution in [2.24, 2.45) is 0 Å². The Labute approximate surface area is 401 Å². The van der Waals surface area contributed by atoms with Gasteiger partial charge >= 0.3 is 0 Å². The molecule has 0 amide bonds. The average molecular weight is 887 g/mol. The molecule has 0 saturated heterocycles. The first kappa shape index (κ1) is 39.2. The molecule has 9 aromatic carbocycles. The van der Waals surface area contributed by atoms with Gasteiger partial charge in [0, 0.05) is 42.7 Å². The number of hydrogen-bond donors (Lipinski definition) is 0. The third-order valence-corrected chi connectivity index (χ3v) is 16.8. The molecule has 1 unspecified atom stereocenters.